The van der Waals surface area contributed by atoms with Gasteiger partial charge in [0.05, 0.1) is 11.1 Å². The Bertz CT molecular complexity index is 961. The molecule has 24 heavy (non-hydrogen) atoms. The number of rotatable bonds is 6. The number of fused-ring (bicyclic) bond motifs is 1. The maximum atomic E-state index is 12.5. The van der Waals surface area contributed by atoms with Crippen LogP contribution in [-0.2, 0) is 6.54 Å². The minimum atomic E-state index is -0.109. The van der Waals surface area contributed by atoms with Gasteiger partial charge in [-0.15, -0.1) is 17.9 Å². The molecule has 0 saturated carbocycles. The zero-order valence-corrected chi connectivity index (χ0v) is 15.0. The third-order valence-corrected chi connectivity index (χ3v) is 5.39. The molecule has 3 aromatic rings. The van der Waals surface area contributed by atoms with E-state index in [1.807, 2.05) is 5.38 Å². The Morgan fingerprint density at radius 3 is 2.79 bits per heavy atom. The predicted molar refractivity (Wildman–Crippen MR) is 101 cm³/mol. The lowest BCUT2D eigenvalue weighted by atomic mass is 10.1. The monoisotopic (exact) mass is 376 g/mol. The molecule has 3 rings (SSSR count). The highest BCUT2D eigenvalue weighted by Crippen LogP contribution is 2.22. The van der Waals surface area contributed by atoms with Gasteiger partial charge in [-0.25, -0.2) is 4.98 Å². The van der Waals surface area contributed by atoms with Gasteiger partial charge in [0.25, 0.3) is 5.56 Å². The molecule has 0 aliphatic heterocycles. The molecule has 0 fully saturated rings. The lowest BCUT2D eigenvalue weighted by Crippen LogP contribution is -2.22. The van der Waals surface area contributed by atoms with Gasteiger partial charge in [0.1, 0.15) is 4.83 Å². The molecule has 4 nitrogen and oxygen atoms in total. The van der Waals surface area contributed by atoms with Crippen LogP contribution in [0, 0.1) is 0 Å². The minimum Gasteiger partial charge on any atom is -0.293 e. The van der Waals surface area contributed by atoms with E-state index in [0.717, 1.165) is 0 Å². The highest BCUT2D eigenvalue weighted by atomic mass is 35.5. The first kappa shape index (κ1) is 17.0. The van der Waals surface area contributed by atoms with Crippen LogP contribution in [-0.4, -0.2) is 21.1 Å². The van der Waals surface area contributed by atoms with Crippen molar-refractivity contribution in [2.45, 2.75) is 11.7 Å². The Labute approximate surface area is 151 Å². The van der Waals surface area contributed by atoms with Crippen molar-refractivity contribution in [2.24, 2.45) is 0 Å². The molecule has 122 valence electrons. The van der Waals surface area contributed by atoms with Gasteiger partial charge >= 0.3 is 0 Å². The van der Waals surface area contributed by atoms with Gasteiger partial charge in [0, 0.05) is 17.1 Å². The first-order valence-electron chi connectivity index (χ1n) is 7.10. The lowest BCUT2D eigenvalue weighted by molar-refractivity contribution is 0.102. The van der Waals surface area contributed by atoms with E-state index in [9.17, 15) is 9.59 Å². The molecule has 0 spiro atoms. The zero-order chi connectivity index (χ0) is 17.1. The first-order chi connectivity index (χ1) is 11.6. The van der Waals surface area contributed by atoms with Crippen LogP contribution in [0.1, 0.15) is 10.4 Å². The van der Waals surface area contributed by atoms with Gasteiger partial charge in [-0.1, -0.05) is 29.4 Å². The zero-order valence-electron chi connectivity index (χ0n) is 12.6. The SMILES string of the molecule is C=CCn1c(SCC(=O)c2ccc(Cl)cc2)nc2sccc2c1=O. The largest absolute Gasteiger partial charge is 0.293 e. The average molecular weight is 377 g/mol. The van der Waals surface area contributed by atoms with Crippen LogP contribution < -0.4 is 5.56 Å². The molecule has 0 amide bonds. The van der Waals surface area contributed by atoms with E-state index >= 15 is 0 Å². The summed E-state index contributed by atoms with van der Waals surface area (Å²) < 4.78 is 1.54. The summed E-state index contributed by atoms with van der Waals surface area (Å²) in [7, 11) is 0. The molecule has 1 aromatic carbocycles. The maximum absolute atomic E-state index is 12.5. The highest BCUT2D eigenvalue weighted by molar-refractivity contribution is 7.99. The fourth-order valence-electron chi connectivity index (χ4n) is 2.18. The minimum absolute atomic E-state index is 0.0395. The second-order valence-corrected chi connectivity index (χ2v) is 7.23. The summed E-state index contributed by atoms with van der Waals surface area (Å²) in [6.07, 6.45) is 1.65. The fourth-order valence-corrected chi connectivity index (χ4v) is 4.01. The molecule has 0 saturated heterocycles. The molecule has 2 heterocycles. The van der Waals surface area contributed by atoms with Crippen molar-refractivity contribution in [3.05, 3.63) is 69.3 Å². The molecule has 2 aromatic heterocycles. The number of carbonyl (C=O) groups excluding carboxylic acids is 1. The van der Waals surface area contributed by atoms with Gasteiger partial charge in [-0.3, -0.25) is 14.2 Å². The highest BCUT2D eigenvalue weighted by Gasteiger charge is 2.14. The Kier molecular flexibility index (Phi) is 5.18. The Hall–Kier alpha value is -1.89. The molecule has 0 aliphatic carbocycles. The maximum Gasteiger partial charge on any atom is 0.263 e. The Balaban J connectivity index is 1.87. The fraction of sp³-hybridized carbons (Fsp3) is 0.118. The van der Waals surface area contributed by atoms with Crippen molar-refractivity contribution in [1.29, 1.82) is 0 Å². The molecule has 0 unspecified atom stereocenters. The molecule has 0 atom stereocenters. The van der Waals surface area contributed by atoms with Crippen molar-refractivity contribution in [1.82, 2.24) is 9.55 Å². The van der Waals surface area contributed by atoms with Crippen LogP contribution in [0.4, 0.5) is 0 Å². The van der Waals surface area contributed by atoms with E-state index in [1.54, 1.807) is 41.0 Å². The van der Waals surface area contributed by atoms with Gasteiger partial charge < -0.3 is 0 Å². The smallest absolute Gasteiger partial charge is 0.263 e. The van der Waals surface area contributed by atoms with Crippen molar-refractivity contribution < 1.29 is 4.79 Å². The summed E-state index contributed by atoms with van der Waals surface area (Å²) in [5, 5.41) is 3.54. The summed E-state index contributed by atoms with van der Waals surface area (Å²) >= 11 is 8.50. The number of Topliss-reactive ketones (excluding diaryl/α,β-unsaturated/α-hetero) is 1. The lowest BCUT2D eigenvalue weighted by Gasteiger charge is -2.09. The van der Waals surface area contributed by atoms with E-state index in [2.05, 4.69) is 11.6 Å². The van der Waals surface area contributed by atoms with E-state index in [-0.39, 0.29) is 17.1 Å². The van der Waals surface area contributed by atoms with Crippen LogP contribution in [0.3, 0.4) is 0 Å². The van der Waals surface area contributed by atoms with E-state index in [1.165, 1.54) is 23.1 Å². The summed E-state index contributed by atoms with van der Waals surface area (Å²) in [5.74, 6) is 0.157. The topological polar surface area (TPSA) is 52.0 Å². The third kappa shape index (κ3) is 3.45. The van der Waals surface area contributed by atoms with Gasteiger partial charge in [0.15, 0.2) is 10.9 Å². The molecular weight excluding hydrogens is 364 g/mol. The number of halogens is 1. The van der Waals surface area contributed by atoms with Crippen LogP contribution in [0.2, 0.25) is 5.02 Å². The Morgan fingerprint density at radius 2 is 2.08 bits per heavy atom. The molecule has 0 radical (unpaired) electrons. The van der Waals surface area contributed by atoms with E-state index in [0.29, 0.717) is 32.5 Å². The quantitative estimate of drug-likeness (QED) is 0.279. The van der Waals surface area contributed by atoms with Gasteiger partial charge in [-0.2, -0.15) is 0 Å². The summed E-state index contributed by atoms with van der Waals surface area (Å²) in [5.41, 5.74) is 0.476. The normalized spacial score (nSPS) is 10.9. The standard InChI is InChI=1S/C17H13ClN2O2S2/c1-2-8-20-16(22)13-7-9-23-15(13)19-17(20)24-10-14(21)11-3-5-12(18)6-4-11/h2-7,9H,1,8,10H2. The van der Waals surface area contributed by atoms with Crippen LogP contribution >= 0.6 is 34.7 Å². The number of thiophene rings is 1. The summed E-state index contributed by atoms with van der Waals surface area (Å²) in [4.78, 5) is 30.0. The second kappa shape index (κ2) is 7.34. The molecule has 0 aliphatic rings. The van der Waals surface area contributed by atoms with Crippen LogP contribution in [0.5, 0.6) is 0 Å². The van der Waals surface area contributed by atoms with Crippen molar-refractivity contribution in [3.8, 4) is 0 Å². The van der Waals surface area contributed by atoms with Crippen molar-refractivity contribution >= 4 is 50.7 Å². The summed E-state index contributed by atoms with van der Waals surface area (Å²) in [6, 6.07) is 8.52. The number of ketones is 1. The number of benzene rings is 1. The van der Waals surface area contributed by atoms with Crippen molar-refractivity contribution in [3.63, 3.8) is 0 Å². The molecule has 7 heteroatoms. The number of hydrogen-bond acceptors (Lipinski definition) is 5. The molecule has 0 bridgehead atoms. The number of carbonyl (C=O) groups is 1. The second-order valence-electron chi connectivity index (χ2n) is 4.96. The van der Waals surface area contributed by atoms with Gasteiger partial charge in [0.2, 0.25) is 0 Å². The first-order valence-corrected chi connectivity index (χ1v) is 9.35. The third-order valence-electron chi connectivity index (χ3n) is 3.36. The summed E-state index contributed by atoms with van der Waals surface area (Å²) in [6.45, 7) is 4.04. The Morgan fingerprint density at radius 1 is 1.33 bits per heavy atom. The average Bonchev–Trinajstić information content (AvgIpc) is 3.05. The number of allylic oxidation sites excluding steroid dienone is 1. The van der Waals surface area contributed by atoms with Crippen LogP contribution in [0.25, 0.3) is 10.2 Å². The number of hydrogen-bond donors (Lipinski definition) is 0. The number of nitrogens with zero attached hydrogens (tertiary/aromatic N) is 2. The van der Waals surface area contributed by atoms with Crippen LogP contribution in [0.15, 0.2) is 58.3 Å². The van der Waals surface area contributed by atoms with Crippen molar-refractivity contribution in [2.75, 3.05) is 5.75 Å². The van der Waals surface area contributed by atoms with Gasteiger partial charge in [-0.05, 0) is 35.7 Å². The van der Waals surface area contributed by atoms with E-state index < -0.39 is 0 Å². The van der Waals surface area contributed by atoms with E-state index in [4.69, 9.17) is 11.6 Å². The predicted octanol–water partition coefficient (Wildman–Crippen LogP) is 4.27. The molecule has 0 N–H and O–H groups in total. The number of aromatic nitrogens is 2. The molecular formula is C17H13ClN2O2S2. The number of thioether (sulfide) groups is 1.